The normalized spacial score (nSPS) is 11.4. The van der Waals surface area contributed by atoms with Gasteiger partial charge in [-0.3, -0.25) is 0 Å². The molecule has 0 unspecified atom stereocenters. The van der Waals surface area contributed by atoms with E-state index in [-0.39, 0.29) is 0 Å². The molecule has 27 heavy (non-hydrogen) atoms. The average molecular weight is 376 g/mol. The van der Waals surface area contributed by atoms with Crippen LogP contribution < -0.4 is 0 Å². The SMILES string of the molecule is CCc1nc(CCCOCCOCCOC)n(-c2ccc(C(C)C)cc2)n1. The summed E-state index contributed by atoms with van der Waals surface area (Å²) >= 11 is 0. The Morgan fingerprint density at radius 3 is 2.26 bits per heavy atom. The molecule has 6 nitrogen and oxygen atoms in total. The van der Waals surface area contributed by atoms with Gasteiger partial charge in [-0.2, -0.15) is 5.10 Å². The first-order valence-corrected chi connectivity index (χ1v) is 9.85. The first-order chi connectivity index (χ1) is 13.2. The van der Waals surface area contributed by atoms with Crippen molar-refractivity contribution in [2.24, 2.45) is 0 Å². The molecule has 0 N–H and O–H groups in total. The average Bonchev–Trinajstić information content (AvgIpc) is 3.10. The van der Waals surface area contributed by atoms with Crippen molar-refractivity contribution in [3.05, 3.63) is 41.5 Å². The molecule has 0 aliphatic heterocycles. The Morgan fingerprint density at radius 1 is 0.963 bits per heavy atom. The highest BCUT2D eigenvalue weighted by Crippen LogP contribution is 2.18. The molecule has 0 saturated heterocycles. The van der Waals surface area contributed by atoms with Gasteiger partial charge in [0, 0.05) is 26.6 Å². The molecule has 150 valence electrons. The molecule has 0 bridgehead atoms. The number of aromatic nitrogens is 3. The van der Waals surface area contributed by atoms with Crippen molar-refractivity contribution >= 4 is 0 Å². The van der Waals surface area contributed by atoms with Crippen molar-refractivity contribution in [1.82, 2.24) is 14.8 Å². The van der Waals surface area contributed by atoms with Crippen LogP contribution in [0.2, 0.25) is 0 Å². The van der Waals surface area contributed by atoms with Crippen LogP contribution >= 0.6 is 0 Å². The monoisotopic (exact) mass is 375 g/mol. The van der Waals surface area contributed by atoms with Crippen LogP contribution in [-0.2, 0) is 27.1 Å². The third kappa shape index (κ3) is 7.05. The molecule has 0 saturated carbocycles. The van der Waals surface area contributed by atoms with Gasteiger partial charge in [0.1, 0.15) is 5.82 Å². The molecule has 0 amide bonds. The smallest absolute Gasteiger partial charge is 0.151 e. The van der Waals surface area contributed by atoms with Crippen LogP contribution in [0.4, 0.5) is 0 Å². The van der Waals surface area contributed by atoms with E-state index in [2.05, 4.69) is 55.1 Å². The lowest BCUT2D eigenvalue weighted by molar-refractivity contribution is 0.0243. The van der Waals surface area contributed by atoms with Gasteiger partial charge in [-0.05, 0) is 30.0 Å². The molecule has 0 atom stereocenters. The van der Waals surface area contributed by atoms with E-state index < -0.39 is 0 Å². The quantitative estimate of drug-likeness (QED) is 0.501. The molecule has 6 heteroatoms. The van der Waals surface area contributed by atoms with Gasteiger partial charge >= 0.3 is 0 Å². The van der Waals surface area contributed by atoms with Gasteiger partial charge in [0.2, 0.25) is 0 Å². The van der Waals surface area contributed by atoms with E-state index in [1.807, 2.05) is 4.68 Å². The van der Waals surface area contributed by atoms with Gasteiger partial charge in [-0.25, -0.2) is 9.67 Å². The minimum absolute atomic E-state index is 0.524. The fourth-order valence-corrected chi connectivity index (χ4v) is 2.71. The number of benzene rings is 1. The maximum absolute atomic E-state index is 5.63. The molecule has 2 rings (SSSR count). The van der Waals surface area contributed by atoms with Crippen LogP contribution in [0.3, 0.4) is 0 Å². The Balaban J connectivity index is 1.85. The Bertz CT molecular complexity index is 653. The second-order valence-corrected chi connectivity index (χ2v) is 6.78. The third-order valence-corrected chi connectivity index (χ3v) is 4.33. The van der Waals surface area contributed by atoms with E-state index in [4.69, 9.17) is 14.2 Å². The molecule has 0 aliphatic rings. The van der Waals surface area contributed by atoms with E-state index in [0.29, 0.717) is 39.0 Å². The maximum Gasteiger partial charge on any atom is 0.151 e. The van der Waals surface area contributed by atoms with Crippen molar-refractivity contribution in [2.75, 3.05) is 40.1 Å². The Morgan fingerprint density at radius 2 is 1.63 bits per heavy atom. The van der Waals surface area contributed by atoms with E-state index in [1.165, 1.54) is 5.56 Å². The molecule has 1 heterocycles. The summed E-state index contributed by atoms with van der Waals surface area (Å²) in [5.41, 5.74) is 2.39. The van der Waals surface area contributed by atoms with Crippen molar-refractivity contribution in [2.45, 2.75) is 46.0 Å². The van der Waals surface area contributed by atoms with Gasteiger partial charge in [-0.15, -0.1) is 0 Å². The summed E-state index contributed by atoms with van der Waals surface area (Å²) in [7, 11) is 1.67. The van der Waals surface area contributed by atoms with Crippen molar-refractivity contribution < 1.29 is 14.2 Å². The van der Waals surface area contributed by atoms with Crippen molar-refractivity contribution in [3.8, 4) is 5.69 Å². The lowest BCUT2D eigenvalue weighted by Crippen LogP contribution is -2.10. The highest BCUT2D eigenvalue weighted by atomic mass is 16.5. The van der Waals surface area contributed by atoms with Gasteiger partial charge in [0.05, 0.1) is 32.1 Å². The number of hydrogen-bond donors (Lipinski definition) is 0. The van der Waals surface area contributed by atoms with Crippen LogP contribution in [-0.4, -0.2) is 54.9 Å². The molecule has 1 aromatic carbocycles. The van der Waals surface area contributed by atoms with Crippen LogP contribution in [0.1, 0.15) is 50.3 Å². The summed E-state index contributed by atoms with van der Waals surface area (Å²) in [4.78, 5) is 4.69. The summed E-state index contributed by atoms with van der Waals surface area (Å²) in [5, 5.41) is 4.66. The number of rotatable bonds is 13. The highest BCUT2D eigenvalue weighted by Gasteiger charge is 2.11. The largest absolute Gasteiger partial charge is 0.382 e. The van der Waals surface area contributed by atoms with Gasteiger partial charge in [0.25, 0.3) is 0 Å². The Kier molecular flexibility index (Phi) is 9.45. The first kappa shape index (κ1) is 21.5. The van der Waals surface area contributed by atoms with E-state index in [0.717, 1.165) is 36.6 Å². The van der Waals surface area contributed by atoms with Crippen molar-refractivity contribution in [1.29, 1.82) is 0 Å². The fraction of sp³-hybridized carbons (Fsp3) is 0.619. The highest BCUT2D eigenvalue weighted by molar-refractivity contribution is 5.35. The molecule has 0 aliphatic carbocycles. The maximum atomic E-state index is 5.63. The summed E-state index contributed by atoms with van der Waals surface area (Å²) in [6.07, 6.45) is 2.58. The molecular weight excluding hydrogens is 342 g/mol. The minimum Gasteiger partial charge on any atom is -0.382 e. The molecule has 0 fully saturated rings. The topological polar surface area (TPSA) is 58.4 Å². The third-order valence-electron chi connectivity index (χ3n) is 4.33. The zero-order chi connectivity index (χ0) is 19.5. The number of nitrogens with zero attached hydrogens (tertiary/aromatic N) is 3. The van der Waals surface area contributed by atoms with Crippen LogP contribution in [0.15, 0.2) is 24.3 Å². The molecule has 0 radical (unpaired) electrons. The fourth-order valence-electron chi connectivity index (χ4n) is 2.71. The Labute approximate surface area is 162 Å². The van der Waals surface area contributed by atoms with Crippen molar-refractivity contribution in [3.63, 3.8) is 0 Å². The molecule has 1 aromatic heterocycles. The zero-order valence-corrected chi connectivity index (χ0v) is 17.1. The van der Waals surface area contributed by atoms with E-state index >= 15 is 0 Å². The minimum atomic E-state index is 0.524. The number of hydrogen-bond acceptors (Lipinski definition) is 5. The zero-order valence-electron chi connectivity index (χ0n) is 17.1. The number of ether oxygens (including phenoxy) is 3. The van der Waals surface area contributed by atoms with E-state index in [9.17, 15) is 0 Å². The Hall–Kier alpha value is -1.76. The van der Waals surface area contributed by atoms with Crippen LogP contribution in [0.5, 0.6) is 0 Å². The van der Waals surface area contributed by atoms with Crippen LogP contribution in [0.25, 0.3) is 5.69 Å². The first-order valence-electron chi connectivity index (χ1n) is 9.85. The standard InChI is InChI=1S/C21H33N3O3/c1-5-20-22-21(7-6-12-26-15-16-27-14-13-25-4)24(23-20)19-10-8-18(9-11-19)17(2)3/h8-11,17H,5-7,12-16H2,1-4H3. The summed E-state index contributed by atoms with van der Waals surface area (Å²) < 4.78 is 17.9. The predicted octanol–water partition coefficient (Wildman–Crippen LogP) is 3.57. The predicted molar refractivity (Wildman–Crippen MR) is 107 cm³/mol. The summed E-state index contributed by atoms with van der Waals surface area (Å²) in [5.74, 6) is 2.39. The number of aryl methyl sites for hydroxylation is 2. The second kappa shape index (κ2) is 11.8. The summed E-state index contributed by atoms with van der Waals surface area (Å²) in [6, 6.07) is 8.59. The second-order valence-electron chi connectivity index (χ2n) is 6.78. The molecular formula is C21H33N3O3. The lowest BCUT2D eigenvalue weighted by atomic mass is 10.0. The van der Waals surface area contributed by atoms with Gasteiger partial charge in [-0.1, -0.05) is 32.9 Å². The van der Waals surface area contributed by atoms with E-state index in [1.54, 1.807) is 7.11 Å². The van der Waals surface area contributed by atoms with Gasteiger partial charge in [0.15, 0.2) is 5.82 Å². The molecule has 0 spiro atoms. The van der Waals surface area contributed by atoms with Gasteiger partial charge < -0.3 is 14.2 Å². The lowest BCUT2D eigenvalue weighted by Gasteiger charge is -2.09. The van der Waals surface area contributed by atoms with Crippen LogP contribution in [0, 0.1) is 0 Å². The molecule has 2 aromatic rings. The number of methoxy groups -OCH3 is 1. The summed E-state index contributed by atoms with van der Waals surface area (Å²) in [6.45, 7) is 9.61.